The van der Waals surface area contributed by atoms with Crippen molar-refractivity contribution in [2.45, 2.75) is 142 Å². The number of rotatable bonds is 23. The maximum atomic E-state index is 12.1. The Bertz CT molecular complexity index is 748. The molecule has 0 aliphatic rings. The molecule has 2 nitrogen and oxygen atoms in total. The minimum atomic E-state index is -0.585. The van der Waals surface area contributed by atoms with Crippen LogP contribution in [0.3, 0.4) is 0 Å². The molecule has 1 atom stereocenters. The summed E-state index contributed by atoms with van der Waals surface area (Å²) in [6.07, 6.45) is 36.0. The zero-order valence-corrected chi connectivity index (χ0v) is 24.1. The van der Waals surface area contributed by atoms with E-state index >= 15 is 0 Å². The van der Waals surface area contributed by atoms with Gasteiger partial charge in [0.1, 0.15) is 0 Å². The van der Waals surface area contributed by atoms with Crippen molar-refractivity contribution in [3.63, 3.8) is 0 Å². The summed E-state index contributed by atoms with van der Waals surface area (Å²) in [6.45, 7) is 8.20. The van der Waals surface area contributed by atoms with E-state index < -0.39 is 6.10 Å². The van der Waals surface area contributed by atoms with Gasteiger partial charge in [-0.15, -0.1) is 0 Å². The first-order valence-electron chi connectivity index (χ1n) is 15.0. The largest absolute Gasteiger partial charge is 0.445 e. The molecule has 0 radical (unpaired) electrons. The van der Waals surface area contributed by atoms with E-state index in [4.69, 9.17) is 4.74 Å². The Hall–Kier alpha value is -2.45. The molecule has 0 aliphatic carbocycles. The van der Waals surface area contributed by atoms with Crippen molar-refractivity contribution in [2.24, 2.45) is 0 Å². The van der Waals surface area contributed by atoms with Crippen LogP contribution in [0.5, 0.6) is 0 Å². The second kappa shape index (κ2) is 29.8. The highest BCUT2D eigenvalue weighted by Gasteiger charge is 2.07. The van der Waals surface area contributed by atoms with Gasteiger partial charge in [0.25, 0.3) is 0 Å². The summed E-state index contributed by atoms with van der Waals surface area (Å²) in [4.78, 5) is 12.1. The van der Waals surface area contributed by atoms with Gasteiger partial charge < -0.3 is 4.74 Å². The molecule has 0 N–H and O–H groups in total. The molecule has 0 heterocycles. The molecular weight excluding hydrogens is 452 g/mol. The van der Waals surface area contributed by atoms with Crippen molar-refractivity contribution < 1.29 is 9.53 Å². The van der Waals surface area contributed by atoms with Gasteiger partial charge in [-0.3, -0.25) is 4.79 Å². The third kappa shape index (κ3) is 28.0. The van der Waals surface area contributed by atoms with Crippen LogP contribution in [-0.4, -0.2) is 12.1 Å². The number of carbonyl (C=O) groups excluding carboxylic acids is 1. The molecule has 0 saturated heterocycles. The molecule has 0 aromatic heterocycles. The molecule has 0 fully saturated rings. The van der Waals surface area contributed by atoms with Crippen molar-refractivity contribution in [1.29, 1.82) is 0 Å². The smallest absolute Gasteiger partial charge is 0.307 e. The molecule has 0 aliphatic heterocycles. The van der Waals surface area contributed by atoms with E-state index in [1.54, 1.807) is 6.08 Å². The lowest BCUT2D eigenvalue weighted by Gasteiger charge is -2.07. The topological polar surface area (TPSA) is 26.3 Å². The van der Waals surface area contributed by atoms with Gasteiger partial charge in [0.2, 0.25) is 0 Å². The normalized spacial score (nSPS) is 11.8. The molecule has 0 rings (SSSR count). The molecule has 0 bridgehead atoms. The van der Waals surface area contributed by atoms with Crippen molar-refractivity contribution in [3.8, 4) is 23.7 Å². The Labute approximate surface area is 230 Å². The SMILES string of the molecule is C=C[C@@H](C#CC#CC/C=C\CCCCCCC)OC(=O)CCCCCCC/C=C\C/C=C\CCCCC. The number of hydrogen-bond donors (Lipinski definition) is 0. The fourth-order valence-electron chi connectivity index (χ4n) is 3.75. The fourth-order valence-corrected chi connectivity index (χ4v) is 3.75. The molecular formula is C35H54O2. The highest BCUT2D eigenvalue weighted by molar-refractivity contribution is 5.70. The van der Waals surface area contributed by atoms with Crippen LogP contribution in [0.2, 0.25) is 0 Å². The Kier molecular flexibility index (Phi) is 27.8. The van der Waals surface area contributed by atoms with Gasteiger partial charge in [-0.1, -0.05) is 121 Å². The molecule has 206 valence electrons. The second-order valence-electron chi connectivity index (χ2n) is 9.58. The average molecular weight is 507 g/mol. The Morgan fingerprint density at radius 2 is 1.24 bits per heavy atom. The third-order valence-corrected chi connectivity index (χ3v) is 6.03. The molecule has 0 spiro atoms. The Balaban J connectivity index is 3.77. The van der Waals surface area contributed by atoms with Gasteiger partial charge in [-0.25, -0.2) is 0 Å². The van der Waals surface area contributed by atoms with Crippen LogP contribution in [0, 0.1) is 23.7 Å². The molecule has 2 heteroatoms. The first kappa shape index (κ1) is 34.6. The molecule has 0 unspecified atom stereocenters. The zero-order chi connectivity index (χ0) is 27.1. The summed E-state index contributed by atoms with van der Waals surface area (Å²) in [5, 5.41) is 0. The van der Waals surface area contributed by atoms with Crippen LogP contribution in [0.4, 0.5) is 0 Å². The first-order valence-corrected chi connectivity index (χ1v) is 15.0. The average Bonchev–Trinajstić information content (AvgIpc) is 2.90. The van der Waals surface area contributed by atoms with Crippen molar-refractivity contribution >= 4 is 5.97 Å². The van der Waals surface area contributed by atoms with E-state index in [9.17, 15) is 4.79 Å². The van der Waals surface area contributed by atoms with Crippen LogP contribution in [0.25, 0.3) is 0 Å². The predicted octanol–water partition coefficient (Wildman–Crippen LogP) is 10.2. The van der Waals surface area contributed by atoms with E-state index in [0.29, 0.717) is 12.8 Å². The Morgan fingerprint density at radius 1 is 0.703 bits per heavy atom. The minimum Gasteiger partial charge on any atom is -0.445 e. The van der Waals surface area contributed by atoms with Gasteiger partial charge >= 0.3 is 5.97 Å². The monoisotopic (exact) mass is 506 g/mol. The summed E-state index contributed by atoms with van der Waals surface area (Å²) < 4.78 is 5.39. The maximum Gasteiger partial charge on any atom is 0.307 e. The van der Waals surface area contributed by atoms with Gasteiger partial charge in [0.15, 0.2) is 6.10 Å². The van der Waals surface area contributed by atoms with Crippen molar-refractivity contribution in [3.05, 3.63) is 49.1 Å². The molecule has 0 saturated carbocycles. The van der Waals surface area contributed by atoms with E-state index in [0.717, 1.165) is 38.5 Å². The van der Waals surface area contributed by atoms with Crippen LogP contribution >= 0.6 is 0 Å². The maximum absolute atomic E-state index is 12.1. The van der Waals surface area contributed by atoms with E-state index in [2.05, 4.69) is 80.6 Å². The highest BCUT2D eigenvalue weighted by atomic mass is 16.5. The summed E-state index contributed by atoms with van der Waals surface area (Å²) in [5.74, 6) is 11.3. The van der Waals surface area contributed by atoms with E-state index in [1.807, 2.05) is 0 Å². The molecule has 0 aromatic carbocycles. The summed E-state index contributed by atoms with van der Waals surface area (Å²) in [7, 11) is 0. The van der Waals surface area contributed by atoms with Crippen molar-refractivity contribution in [1.82, 2.24) is 0 Å². The van der Waals surface area contributed by atoms with E-state index in [1.165, 1.54) is 70.6 Å². The fraction of sp³-hybridized carbons (Fsp3) is 0.629. The standard InChI is InChI=1S/C35H54O2/c1-4-7-9-11-13-15-17-19-20-21-23-25-27-29-31-33-35(36)37-34(6-3)32-30-28-26-24-22-18-16-14-12-10-8-5-2/h6,13,15,18-20,22,34H,3-5,7-12,14,16-17,21,23-25,27,29,31,33H2,1-2H3/b15-13-,20-19-,22-18-/t34-/m0/s1. The number of allylic oxidation sites excluding steroid dienone is 6. The minimum absolute atomic E-state index is 0.209. The lowest BCUT2D eigenvalue weighted by molar-refractivity contribution is -0.144. The van der Waals surface area contributed by atoms with Crippen LogP contribution in [0.15, 0.2) is 49.1 Å². The first-order chi connectivity index (χ1) is 18.2. The Morgan fingerprint density at radius 3 is 1.89 bits per heavy atom. The number of carbonyl (C=O) groups is 1. The lowest BCUT2D eigenvalue weighted by Crippen LogP contribution is -2.13. The molecule has 37 heavy (non-hydrogen) atoms. The second-order valence-corrected chi connectivity index (χ2v) is 9.58. The number of esters is 1. The zero-order valence-electron chi connectivity index (χ0n) is 24.1. The highest BCUT2D eigenvalue weighted by Crippen LogP contribution is 2.09. The summed E-state index contributed by atoms with van der Waals surface area (Å²) in [6, 6.07) is 0. The van der Waals surface area contributed by atoms with Crippen molar-refractivity contribution in [2.75, 3.05) is 0 Å². The van der Waals surface area contributed by atoms with Gasteiger partial charge in [-0.05, 0) is 75.2 Å². The van der Waals surface area contributed by atoms with Gasteiger partial charge in [0.05, 0.1) is 0 Å². The van der Waals surface area contributed by atoms with Gasteiger partial charge in [0, 0.05) is 12.8 Å². The van der Waals surface area contributed by atoms with Gasteiger partial charge in [-0.2, -0.15) is 0 Å². The number of unbranched alkanes of at least 4 members (excludes halogenated alkanes) is 13. The summed E-state index contributed by atoms with van der Waals surface area (Å²) in [5.41, 5.74) is 0. The predicted molar refractivity (Wildman–Crippen MR) is 162 cm³/mol. The number of ether oxygens (including phenoxy) is 1. The van der Waals surface area contributed by atoms with Crippen LogP contribution < -0.4 is 0 Å². The third-order valence-electron chi connectivity index (χ3n) is 6.03. The molecule has 0 amide bonds. The summed E-state index contributed by atoms with van der Waals surface area (Å²) >= 11 is 0. The van der Waals surface area contributed by atoms with E-state index in [-0.39, 0.29) is 5.97 Å². The van der Waals surface area contributed by atoms with Crippen LogP contribution in [-0.2, 0) is 9.53 Å². The quantitative estimate of drug-likeness (QED) is 0.0596. The molecule has 0 aromatic rings. The number of hydrogen-bond acceptors (Lipinski definition) is 2. The van der Waals surface area contributed by atoms with Crippen LogP contribution in [0.1, 0.15) is 136 Å². The lowest BCUT2D eigenvalue weighted by atomic mass is 10.1.